The zero-order chi connectivity index (χ0) is 28.3. The number of aliphatic hydroxyl groups excluding tert-OH is 1. The average Bonchev–Trinajstić information content (AvgIpc) is 3.30. The van der Waals surface area contributed by atoms with Crippen LogP contribution in [0.2, 0.25) is 0 Å². The molecule has 220 valence electrons. The number of nitrogen functional groups attached to an aromatic ring is 1. The van der Waals surface area contributed by atoms with Crippen molar-refractivity contribution in [3.63, 3.8) is 0 Å². The normalized spacial score (nSPS) is 14.4. The summed E-state index contributed by atoms with van der Waals surface area (Å²) in [6, 6.07) is 6.15. The van der Waals surface area contributed by atoms with Crippen LogP contribution in [0.1, 0.15) is 72.8 Å². The summed E-state index contributed by atoms with van der Waals surface area (Å²) in [6.45, 7) is 19.8. The zero-order valence-corrected chi connectivity index (χ0v) is 28.1. The van der Waals surface area contributed by atoms with Gasteiger partial charge in [0.2, 0.25) is 0 Å². The number of rotatable bonds is 12. The smallest absolute Gasteiger partial charge is 0.107 e. The van der Waals surface area contributed by atoms with E-state index in [0.29, 0.717) is 18.0 Å². The van der Waals surface area contributed by atoms with Gasteiger partial charge < -0.3 is 37.3 Å². The first kappa shape index (κ1) is 35.3. The number of piperazine rings is 1. The number of ether oxygens (including phenoxy) is 1. The number of hydrogen-bond donors (Lipinski definition) is 4. The van der Waals surface area contributed by atoms with Crippen molar-refractivity contribution in [2.45, 2.75) is 73.3 Å². The molecule has 1 aromatic heterocycles. The van der Waals surface area contributed by atoms with Gasteiger partial charge in [0.1, 0.15) is 5.82 Å². The number of aromatic nitrogens is 2. The van der Waals surface area contributed by atoms with Crippen molar-refractivity contribution in [1.29, 1.82) is 5.41 Å². The van der Waals surface area contributed by atoms with Gasteiger partial charge in [-0.3, -0.25) is 4.90 Å². The topological polar surface area (TPSA) is 114 Å². The van der Waals surface area contributed by atoms with Crippen molar-refractivity contribution in [2.24, 2.45) is 5.41 Å². The van der Waals surface area contributed by atoms with Crippen molar-refractivity contribution in [1.82, 2.24) is 14.9 Å². The molecule has 0 bridgehead atoms. The summed E-state index contributed by atoms with van der Waals surface area (Å²) < 4.78 is 5.96. The molecule has 0 radical (unpaired) electrons. The van der Waals surface area contributed by atoms with E-state index in [4.69, 9.17) is 20.9 Å². The fourth-order valence-electron chi connectivity index (χ4n) is 4.41. The number of nitrogens with zero attached hydrogens (tertiary/aromatic N) is 3. The third kappa shape index (κ3) is 11.0. The first-order chi connectivity index (χ1) is 18.0. The molecule has 39 heavy (non-hydrogen) atoms. The van der Waals surface area contributed by atoms with E-state index in [0.717, 1.165) is 74.8 Å². The monoisotopic (exact) mass is 711 g/mol. The molecule has 9 heteroatoms. The maximum absolute atomic E-state index is 9.46. The van der Waals surface area contributed by atoms with Gasteiger partial charge in [0.15, 0.2) is 0 Å². The molecule has 1 aromatic carbocycles. The third-order valence-corrected chi connectivity index (χ3v) is 6.61. The van der Waals surface area contributed by atoms with Crippen LogP contribution in [0.4, 0.5) is 11.4 Å². The number of aliphatic hydroxyl groups is 1. The van der Waals surface area contributed by atoms with Gasteiger partial charge in [-0.1, -0.05) is 27.2 Å². The maximum Gasteiger partial charge on any atom is 0.107 e. The second-order valence-electron chi connectivity index (χ2n) is 11.7. The Labute approximate surface area is 250 Å². The van der Waals surface area contributed by atoms with Crippen LogP contribution in [0.5, 0.6) is 0 Å². The quantitative estimate of drug-likeness (QED) is 0.138. The minimum atomic E-state index is -0.508. The number of imidazole rings is 1. The van der Waals surface area contributed by atoms with Crippen LogP contribution in [-0.4, -0.2) is 77.7 Å². The van der Waals surface area contributed by atoms with Gasteiger partial charge >= 0.3 is 0 Å². The maximum atomic E-state index is 9.46. The van der Waals surface area contributed by atoms with E-state index in [9.17, 15) is 5.11 Å². The van der Waals surface area contributed by atoms with Crippen LogP contribution in [0.25, 0.3) is 11.3 Å². The molecular formula is C30H51N6O2W-. The van der Waals surface area contributed by atoms with Gasteiger partial charge in [-0.05, 0) is 38.5 Å². The number of hydrogen-bond acceptors (Lipinski definition) is 7. The number of unbranched alkanes of at least 4 members (excludes halogenated alkanes) is 1. The molecule has 0 spiro atoms. The molecule has 1 saturated heterocycles. The summed E-state index contributed by atoms with van der Waals surface area (Å²) in [4.78, 5) is 13.0. The van der Waals surface area contributed by atoms with Crippen molar-refractivity contribution in [3.05, 3.63) is 36.1 Å². The number of nitrogens with two attached hydrogens (primary N) is 1. The van der Waals surface area contributed by atoms with Gasteiger partial charge in [0, 0.05) is 88.8 Å². The number of anilines is 2. The van der Waals surface area contributed by atoms with Gasteiger partial charge in [-0.2, -0.15) is 13.8 Å². The Morgan fingerprint density at radius 2 is 1.82 bits per heavy atom. The minimum Gasteiger partial charge on any atom is -0.398 e. The number of aryl methyl sites for hydroxylation is 1. The van der Waals surface area contributed by atoms with Crippen LogP contribution in [0.3, 0.4) is 0 Å². The summed E-state index contributed by atoms with van der Waals surface area (Å²) in [5.74, 6) is 0.910. The first-order valence-corrected chi connectivity index (χ1v) is 13.9. The molecule has 2 heterocycles. The Bertz CT molecular complexity index is 999. The second-order valence-corrected chi connectivity index (χ2v) is 11.7. The minimum absolute atomic E-state index is 0. The average molecular weight is 712 g/mol. The molecule has 0 amide bonds. The SMILES string of the molecule is CCCCc1nc(-c2cc(N3CCN(CC(C)(C)COC(C)(C)CO)CC3)ccc2N)c(C=N)[nH]1.C[CH-]C.[W]. The molecule has 1 aliphatic heterocycles. The predicted octanol–water partition coefficient (Wildman–Crippen LogP) is 5.16. The predicted molar refractivity (Wildman–Crippen MR) is 160 cm³/mol. The van der Waals surface area contributed by atoms with E-state index in [1.54, 1.807) is 0 Å². The number of nitrogens with one attached hydrogen (secondary N) is 2. The van der Waals surface area contributed by atoms with E-state index in [1.165, 1.54) is 6.21 Å². The Kier molecular flexibility index (Phi) is 14.9. The van der Waals surface area contributed by atoms with Gasteiger partial charge in [0.05, 0.1) is 30.2 Å². The van der Waals surface area contributed by atoms with Gasteiger partial charge in [-0.25, -0.2) is 4.98 Å². The Hall–Kier alpha value is -1.73. The summed E-state index contributed by atoms with van der Waals surface area (Å²) >= 11 is 0. The Morgan fingerprint density at radius 1 is 1.18 bits per heavy atom. The standard InChI is InChI=1S/C27H44N6O2.C3H7.W/c1-6-7-8-24-30-23(16-28)25(31-24)21-15-20(9-10-22(21)29)33-13-11-32(12-14-33)17-26(2,3)19-35-27(4,5)18-34;1-3-2;/h9-10,15-16,28,34H,6-8,11-14,17-19,29H2,1-5H3,(H,30,31);3H,1-2H3;/q;-1;. The number of aromatic amines is 1. The van der Waals surface area contributed by atoms with Crippen molar-refractivity contribution in [2.75, 3.05) is 56.6 Å². The molecule has 3 rings (SSSR count). The first-order valence-electron chi connectivity index (χ1n) is 13.9. The number of H-pyrrole nitrogens is 1. The Morgan fingerprint density at radius 3 is 2.38 bits per heavy atom. The summed E-state index contributed by atoms with van der Waals surface area (Å²) in [5.41, 5.74) is 10.0. The summed E-state index contributed by atoms with van der Waals surface area (Å²) in [5, 5.41) is 17.3. The summed E-state index contributed by atoms with van der Waals surface area (Å²) in [6.07, 6.45) is 6.37. The van der Waals surface area contributed by atoms with Crippen LogP contribution in [-0.2, 0) is 32.2 Å². The van der Waals surface area contributed by atoms with Gasteiger partial charge in [0.25, 0.3) is 0 Å². The Balaban J connectivity index is 0.00000181. The fourth-order valence-corrected chi connectivity index (χ4v) is 4.41. The molecule has 1 fully saturated rings. The van der Waals surface area contributed by atoms with Crippen LogP contribution < -0.4 is 10.6 Å². The van der Waals surface area contributed by atoms with Crippen molar-refractivity contribution >= 4 is 17.6 Å². The summed E-state index contributed by atoms with van der Waals surface area (Å²) in [7, 11) is 0. The van der Waals surface area contributed by atoms with Crippen molar-refractivity contribution < 1.29 is 30.9 Å². The second kappa shape index (κ2) is 16.5. The van der Waals surface area contributed by atoms with E-state index in [-0.39, 0.29) is 33.1 Å². The van der Waals surface area contributed by atoms with E-state index >= 15 is 0 Å². The van der Waals surface area contributed by atoms with Gasteiger partial charge in [-0.15, -0.1) is 0 Å². The molecule has 0 atom stereocenters. The molecule has 2 aromatic rings. The van der Waals surface area contributed by atoms with E-state index < -0.39 is 5.60 Å². The zero-order valence-electron chi connectivity index (χ0n) is 25.1. The van der Waals surface area contributed by atoms with Crippen LogP contribution in [0, 0.1) is 17.2 Å². The molecule has 0 aliphatic carbocycles. The van der Waals surface area contributed by atoms with Crippen LogP contribution >= 0.6 is 0 Å². The molecule has 1 aliphatic rings. The molecule has 0 saturated carbocycles. The molecule has 0 unspecified atom stereocenters. The third-order valence-electron chi connectivity index (χ3n) is 6.61. The fraction of sp³-hybridized carbons (Fsp3) is 0.633. The largest absolute Gasteiger partial charge is 0.398 e. The molecule has 5 N–H and O–H groups in total. The number of benzene rings is 1. The van der Waals surface area contributed by atoms with E-state index in [2.05, 4.69) is 47.7 Å². The molecule has 8 nitrogen and oxygen atoms in total. The van der Waals surface area contributed by atoms with E-state index in [1.807, 2.05) is 40.2 Å². The van der Waals surface area contributed by atoms with Crippen molar-refractivity contribution in [3.8, 4) is 11.3 Å². The van der Waals surface area contributed by atoms with Crippen LogP contribution in [0.15, 0.2) is 18.2 Å². The molecular weight excluding hydrogens is 660 g/mol.